The quantitative estimate of drug-likeness (QED) is 0.0641. The maximum Gasteiger partial charge on any atom is 0.231 e. The SMILES string of the molecule is CN/C=C(\C=N)c1cc(Nc2nc(Nc3ccc4nccnc4c3P(C)(C)=O)c3cc[nH]c3n2)c(OC)cc1N1CCC2(CC1)CCN(C(C)(C)CF)CC2. The van der Waals surface area contributed by atoms with Crippen LogP contribution in [0.2, 0.25) is 0 Å². The third-order valence-corrected chi connectivity index (χ3v) is 12.9. The Morgan fingerprint density at radius 2 is 1.76 bits per heavy atom. The molecule has 0 amide bonds. The van der Waals surface area contributed by atoms with Crippen LogP contribution < -0.4 is 30.9 Å². The van der Waals surface area contributed by atoms with Gasteiger partial charge in [0.2, 0.25) is 5.95 Å². The van der Waals surface area contributed by atoms with E-state index < -0.39 is 12.7 Å². The fourth-order valence-electron chi connectivity index (χ4n) is 8.08. The highest BCUT2D eigenvalue weighted by Gasteiger charge is 2.41. The van der Waals surface area contributed by atoms with Gasteiger partial charge >= 0.3 is 0 Å². The minimum Gasteiger partial charge on any atom is -0.494 e. The molecule has 0 radical (unpaired) electrons. The maximum atomic E-state index is 13.8. The molecule has 0 unspecified atom stereocenters. The molecule has 2 saturated heterocycles. The number of aromatic amines is 1. The number of anilines is 5. The van der Waals surface area contributed by atoms with Crippen molar-refractivity contribution >= 4 is 75.1 Å². The number of H-pyrrole nitrogens is 1. The summed E-state index contributed by atoms with van der Waals surface area (Å²) < 4.78 is 33.4. The van der Waals surface area contributed by atoms with Crippen molar-refractivity contribution in [1.82, 2.24) is 35.1 Å². The van der Waals surface area contributed by atoms with Crippen LogP contribution in [0, 0.1) is 10.8 Å². The predicted octanol–water partition coefficient (Wildman–Crippen LogP) is 7.29. The van der Waals surface area contributed by atoms with Crippen LogP contribution in [0.4, 0.5) is 33.2 Å². The number of hydrogen-bond donors (Lipinski definition) is 5. The van der Waals surface area contributed by atoms with E-state index in [-0.39, 0.29) is 12.1 Å². The Hall–Kier alpha value is -5.07. The summed E-state index contributed by atoms with van der Waals surface area (Å²) in [6.45, 7) is 10.7. The number of allylic oxidation sites excluding steroid dienone is 1. The second kappa shape index (κ2) is 15.2. The molecule has 0 atom stereocenters. The molecule has 15 heteroatoms. The molecule has 5 heterocycles. The fraction of sp³-hybridized carbons (Fsp3) is 0.425. The summed E-state index contributed by atoms with van der Waals surface area (Å²) in [5.41, 5.74) is 5.50. The van der Waals surface area contributed by atoms with Gasteiger partial charge in [0.05, 0.1) is 34.7 Å². The van der Waals surface area contributed by atoms with Gasteiger partial charge in [-0.25, -0.2) is 4.39 Å². The van der Waals surface area contributed by atoms with Gasteiger partial charge in [-0.15, -0.1) is 0 Å². The first-order chi connectivity index (χ1) is 26.4. The van der Waals surface area contributed by atoms with Crippen LogP contribution in [0.15, 0.2) is 55.1 Å². The highest BCUT2D eigenvalue weighted by molar-refractivity contribution is 7.71. The average Bonchev–Trinajstić information content (AvgIpc) is 3.66. The standard InChI is InChI=1S/C40H51FN11O2P/c1-39(2,25-41)52-19-12-40(13-20-52)10-17-51(18-11-40)32-22-33(54-4)31(21-28(32)26(23-42)24-43-3)48-38-49-36-27(9-14-46-36)37(50-38)47-30-8-7-29-34(45-16-15-44-29)35(30)55(5,6)53/h7-9,14-16,21-24,42-43H,10-13,17-20,25H2,1-6H3,(H3,46,47,48,49,50)/b26-24+,42-23?. The van der Waals surface area contributed by atoms with E-state index in [1.807, 2.05) is 57.4 Å². The highest BCUT2D eigenvalue weighted by atomic mass is 31.2. The van der Waals surface area contributed by atoms with Crippen molar-refractivity contribution in [2.75, 3.05) is 75.9 Å². The zero-order valence-electron chi connectivity index (χ0n) is 32.5. The molecule has 0 aliphatic carbocycles. The molecular weight excluding hydrogens is 716 g/mol. The van der Waals surface area contributed by atoms with E-state index >= 15 is 0 Å². The summed E-state index contributed by atoms with van der Waals surface area (Å²) >= 11 is 0. The summed E-state index contributed by atoms with van der Waals surface area (Å²) in [5, 5.41) is 19.7. The van der Waals surface area contributed by atoms with E-state index in [0.29, 0.717) is 56.4 Å². The molecule has 2 fully saturated rings. The second-order valence-electron chi connectivity index (χ2n) is 15.6. The monoisotopic (exact) mass is 767 g/mol. The topological polar surface area (TPSA) is 160 Å². The van der Waals surface area contributed by atoms with Crippen molar-refractivity contribution in [3.63, 3.8) is 0 Å². The van der Waals surface area contributed by atoms with E-state index in [1.165, 1.54) is 6.21 Å². The highest BCUT2D eigenvalue weighted by Crippen LogP contribution is 2.46. The van der Waals surface area contributed by atoms with Gasteiger partial charge < -0.3 is 40.5 Å². The molecule has 0 saturated carbocycles. The summed E-state index contributed by atoms with van der Waals surface area (Å²) in [7, 11) is 0.648. The molecule has 2 aliphatic heterocycles. The third kappa shape index (κ3) is 7.62. The molecular formula is C40H51FN11O2P. The van der Waals surface area contributed by atoms with Gasteiger partial charge in [-0.05, 0) is 95.6 Å². The molecule has 5 N–H and O–H groups in total. The normalized spacial score (nSPS) is 16.8. The van der Waals surface area contributed by atoms with E-state index in [1.54, 1.807) is 39.0 Å². The molecule has 0 bridgehead atoms. The number of nitrogens with one attached hydrogen (secondary N) is 5. The number of rotatable bonds is 12. The van der Waals surface area contributed by atoms with Crippen molar-refractivity contribution in [1.29, 1.82) is 5.41 Å². The van der Waals surface area contributed by atoms with Crippen molar-refractivity contribution in [3.05, 3.63) is 60.7 Å². The zero-order chi connectivity index (χ0) is 39.0. The molecule has 2 aliphatic rings. The Bertz CT molecular complexity index is 2280. The number of alkyl halides is 1. The molecule has 5 aromatic rings. The Balaban J connectivity index is 1.21. The number of likely N-dealkylation sites (tertiary alicyclic amines) is 1. The van der Waals surface area contributed by atoms with Crippen LogP contribution in [-0.2, 0) is 4.57 Å². The lowest BCUT2D eigenvalue weighted by Crippen LogP contribution is -2.53. The van der Waals surface area contributed by atoms with E-state index in [2.05, 4.69) is 40.7 Å². The van der Waals surface area contributed by atoms with Gasteiger partial charge in [-0.1, -0.05) is 0 Å². The lowest BCUT2D eigenvalue weighted by atomic mass is 9.70. The molecule has 1 spiro atoms. The Labute approximate surface area is 321 Å². The first kappa shape index (κ1) is 38.2. The second-order valence-corrected chi connectivity index (χ2v) is 18.8. The molecule has 13 nitrogen and oxygen atoms in total. The molecule has 7 rings (SSSR count). The smallest absolute Gasteiger partial charge is 0.231 e. The van der Waals surface area contributed by atoms with Crippen LogP contribution in [0.5, 0.6) is 5.75 Å². The van der Waals surface area contributed by atoms with Crippen LogP contribution in [0.1, 0.15) is 45.1 Å². The van der Waals surface area contributed by atoms with E-state index in [4.69, 9.17) is 20.1 Å². The molecule has 55 heavy (non-hydrogen) atoms. The van der Waals surface area contributed by atoms with E-state index in [0.717, 1.165) is 68.5 Å². The van der Waals surface area contributed by atoms with Crippen LogP contribution in [0.25, 0.3) is 27.6 Å². The number of halogens is 1. The number of nitrogens with zero attached hydrogens (tertiary/aromatic N) is 6. The molecule has 290 valence electrons. The number of aromatic nitrogens is 5. The number of piperidine rings is 2. The summed E-state index contributed by atoms with van der Waals surface area (Å²) in [6, 6.07) is 9.63. The van der Waals surface area contributed by atoms with Crippen LogP contribution in [-0.4, -0.2) is 102 Å². The number of fused-ring (bicyclic) bond motifs is 2. The number of benzene rings is 2. The third-order valence-electron chi connectivity index (χ3n) is 11.3. The Kier molecular flexibility index (Phi) is 10.6. The lowest BCUT2D eigenvalue weighted by Gasteiger charge is -2.50. The number of methoxy groups -OCH3 is 1. The first-order valence-corrected chi connectivity index (χ1v) is 21.3. The zero-order valence-corrected chi connectivity index (χ0v) is 33.4. The molecule has 2 aromatic carbocycles. The summed E-state index contributed by atoms with van der Waals surface area (Å²) in [6.07, 6.45) is 12.4. The average molecular weight is 768 g/mol. The van der Waals surface area contributed by atoms with Gasteiger partial charge in [0, 0.05) is 79.6 Å². The van der Waals surface area contributed by atoms with Gasteiger partial charge in [0.1, 0.15) is 36.5 Å². The Morgan fingerprint density at radius 3 is 2.44 bits per heavy atom. The predicted molar refractivity (Wildman–Crippen MR) is 223 cm³/mol. The number of ether oxygens (including phenoxy) is 1. The van der Waals surface area contributed by atoms with E-state index in [9.17, 15) is 8.96 Å². The van der Waals surface area contributed by atoms with Gasteiger partial charge in [-0.3, -0.25) is 14.9 Å². The largest absolute Gasteiger partial charge is 0.494 e. The first-order valence-electron chi connectivity index (χ1n) is 18.7. The van der Waals surface area contributed by atoms with Crippen molar-refractivity contribution < 1.29 is 13.7 Å². The van der Waals surface area contributed by atoms with Gasteiger partial charge in [0.15, 0.2) is 0 Å². The maximum absolute atomic E-state index is 13.8. The minimum atomic E-state index is -2.82. The van der Waals surface area contributed by atoms with Crippen LogP contribution in [0.3, 0.4) is 0 Å². The Morgan fingerprint density at radius 1 is 1.04 bits per heavy atom. The lowest BCUT2D eigenvalue weighted by molar-refractivity contribution is 0.0112. The van der Waals surface area contributed by atoms with Gasteiger partial charge in [-0.2, -0.15) is 9.97 Å². The minimum absolute atomic E-state index is 0.252. The molecule has 3 aromatic heterocycles. The van der Waals surface area contributed by atoms with Crippen molar-refractivity contribution in [2.45, 2.75) is 45.1 Å². The van der Waals surface area contributed by atoms with Crippen LogP contribution >= 0.6 is 7.14 Å². The summed E-state index contributed by atoms with van der Waals surface area (Å²) in [5.74, 6) is 1.43. The van der Waals surface area contributed by atoms with Gasteiger partial charge in [0.25, 0.3) is 0 Å². The van der Waals surface area contributed by atoms with Crippen molar-refractivity contribution in [2.24, 2.45) is 5.41 Å². The fourth-order valence-corrected chi connectivity index (χ4v) is 9.48. The summed E-state index contributed by atoms with van der Waals surface area (Å²) in [4.78, 5) is 26.6. The van der Waals surface area contributed by atoms with Crippen molar-refractivity contribution in [3.8, 4) is 5.75 Å². The number of hydrogen-bond acceptors (Lipinski definition) is 12.